The van der Waals surface area contributed by atoms with E-state index >= 15 is 0 Å². The molecular weight excluding hydrogens is 366 g/mol. The molecule has 4 heteroatoms. The summed E-state index contributed by atoms with van der Waals surface area (Å²) in [6.07, 6.45) is 16.1. The highest BCUT2D eigenvalue weighted by Crippen LogP contribution is 2.14. The maximum atomic E-state index is 11.2. The van der Waals surface area contributed by atoms with Crippen molar-refractivity contribution in [2.45, 2.75) is 79.2 Å². The molecule has 3 nitrogen and oxygen atoms in total. The Kier molecular flexibility index (Phi) is 15.9. The summed E-state index contributed by atoms with van der Waals surface area (Å²) in [5.74, 6) is 1.14. The van der Waals surface area contributed by atoms with E-state index in [1.165, 1.54) is 35.8 Å². The molecule has 0 aromatic rings. The third-order valence-corrected chi connectivity index (χ3v) is 5.50. The molecule has 0 bridgehead atoms. The predicted octanol–water partition coefficient (Wildman–Crippen LogP) is 6.37. The first-order valence-electron chi connectivity index (χ1n) is 10.3. The van der Waals surface area contributed by atoms with Gasteiger partial charge in [0, 0.05) is 11.5 Å². The van der Waals surface area contributed by atoms with E-state index < -0.39 is 6.04 Å². The van der Waals surface area contributed by atoms with Crippen LogP contribution < -0.4 is 5.73 Å². The number of nitrogens with two attached hydrogens (primary N) is 1. The van der Waals surface area contributed by atoms with Gasteiger partial charge in [-0.25, -0.2) is 0 Å². The van der Waals surface area contributed by atoms with Crippen LogP contribution in [0.1, 0.15) is 73.1 Å². The lowest BCUT2D eigenvalue weighted by atomic mass is 10.0. The highest BCUT2D eigenvalue weighted by Gasteiger charge is 2.12. The largest absolute Gasteiger partial charge is 0.468 e. The Bertz CT molecular complexity index is 569. The Labute approximate surface area is 177 Å². The topological polar surface area (TPSA) is 52.3 Å². The molecule has 0 spiro atoms. The summed E-state index contributed by atoms with van der Waals surface area (Å²) in [6.45, 7) is 11.0. The van der Waals surface area contributed by atoms with Crippen LogP contribution in [0.15, 0.2) is 46.6 Å². The molecular formula is C24H41NO2S. The molecule has 0 aliphatic heterocycles. The van der Waals surface area contributed by atoms with E-state index in [1.54, 1.807) is 11.8 Å². The van der Waals surface area contributed by atoms with Gasteiger partial charge in [-0.1, -0.05) is 46.6 Å². The second kappa shape index (κ2) is 16.7. The van der Waals surface area contributed by atoms with Gasteiger partial charge in [-0.3, -0.25) is 4.79 Å². The second-order valence-corrected chi connectivity index (χ2v) is 8.79. The zero-order valence-electron chi connectivity index (χ0n) is 18.8. The third-order valence-electron chi connectivity index (χ3n) is 4.51. The van der Waals surface area contributed by atoms with Crippen molar-refractivity contribution in [1.29, 1.82) is 0 Å². The van der Waals surface area contributed by atoms with Crippen LogP contribution in [0.3, 0.4) is 0 Å². The molecule has 160 valence electrons. The van der Waals surface area contributed by atoms with Gasteiger partial charge >= 0.3 is 5.97 Å². The first kappa shape index (κ1) is 26.7. The maximum Gasteiger partial charge on any atom is 0.323 e. The zero-order valence-corrected chi connectivity index (χ0v) is 19.7. The van der Waals surface area contributed by atoms with Gasteiger partial charge in [0.1, 0.15) is 6.04 Å². The summed E-state index contributed by atoms with van der Waals surface area (Å²) in [6, 6.07) is -0.529. The Morgan fingerprint density at radius 3 is 1.79 bits per heavy atom. The number of carbonyl (C=O) groups excluding carboxylic acids is 1. The Morgan fingerprint density at radius 1 is 0.857 bits per heavy atom. The molecule has 0 aliphatic carbocycles. The van der Waals surface area contributed by atoms with E-state index in [2.05, 4.69) is 63.7 Å². The molecule has 0 aromatic heterocycles. The first-order valence-corrected chi connectivity index (χ1v) is 11.4. The average molecular weight is 408 g/mol. The molecule has 1 atom stereocenters. The SMILES string of the molecule is COC(=O)[C@@H](N)CSCC=C(C)CCC=C(C)CCC=C(C)CCC=C(C)C. The Morgan fingerprint density at radius 2 is 1.32 bits per heavy atom. The van der Waals surface area contributed by atoms with Gasteiger partial charge in [-0.2, -0.15) is 11.8 Å². The fourth-order valence-corrected chi connectivity index (χ4v) is 3.53. The van der Waals surface area contributed by atoms with Gasteiger partial charge in [-0.15, -0.1) is 0 Å². The van der Waals surface area contributed by atoms with Crippen molar-refractivity contribution < 1.29 is 9.53 Å². The van der Waals surface area contributed by atoms with Gasteiger partial charge in [0.25, 0.3) is 0 Å². The number of carbonyl (C=O) groups is 1. The summed E-state index contributed by atoms with van der Waals surface area (Å²) < 4.78 is 4.63. The molecule has 2 N–H and O–H groups in total. The normalized spacial score (nSPS) is 14.0. The molecule has 0 fully saturated rings. The van der Waals surface area contributed by atoms with Gasteiger partial charge < -0.3 is 10.5 Å². The molecule has 0 saturated heterocycles. The molecule has 0 saturated carbocycles. The van der Waals surface area contributed by atoms with Crippen LogP contribution >= 0.6 is 11.8 Å². The summed E-state index contributed by atoms with van der Waals surface area (Å²) in [4.78, 5) is 11.2. The maximum absolute atomic E-state index is 11.2. The van der Waals surface area contributed by atoms with Gasteiger partial charge in [0.15, 0.2) is 0 Å². The summed E-state index contributed by atoms with van der Waals surface area (Å²) >= 11 is 1.67. The highest BCUT2D eigenvalue weighted by molar-refractivity contribution is 7.99. The highest BCUT2D eigenvalue weighted by atomic mass is 32.2. The second-order valence-electron chi connectivity index (χ2n) is 7.72. The van der Waals surface area contributed by atoms with Crippen LogP contribution in [0, 0.1) is 0 Å². The van der Waals surface area contributed by atoms with Crippen LogP contribution in [0.5, 0.6) is 0 Å². The minimum atomic E-state index is -0.529. The zero-order chi connectivity index (χ0) is 21.4. The molecule has 0 aromatic carbocycles. The predicted molar refractivity (Wildman–Crippen MR) is 126 cm³/mol. The minimum absolute atomic E-state index is 0.341. The van der Waals surface area contributed by atoms with Crippen LogP contribution in [-0.2, 0) is 9.53 Å². The van der Waals surface area contributed by atoms with Gasteiger partial charge in [-0.05, 0) is 73.1 Å². The van der Waals surface area contributed by atoms with Gasteiger partial charge in [0.2, 0.25) is 0 Å². The molecule has 0 amide bonds. The van der Waals surface area contributed by atoms with Crippen LogP contribution in [-0.4, -0.2) is 30.6 Å². The number of methoxy groups -OCH3 is 1. The molecule has 0 rings (SSSR count). The number of thioether (sulfide) groups is 1. The Hall–Kier alpha value is -1.26. The van der Waals surface area contributed by atoms with Crippen molar-refractivity contribution in [3.63, 3.8) is 0 Å². The van der Waals surface area contributed by atoms with E-state index in [1.807, 2.05) is 0 Å². The van der Waals surface area contributed by atoms with Crippen molar-refractivity contribution >= 4 is 17.7 Å². The van der Waals surface area contributed by atoms with E-state index in [-0.39, 0.29) is 5.97 Å². The van der Waals surface area contributed by atoms with Crippen molar-refractivity contribution in [3.05, 3.63) is 46.6 Å². The summed E-state index contributed by atoms with van der Waals surface area (Å²) in [5.41, 5.74) is 11.5. The lowest BCUT2D eigenvalue weighted by molar-refractivity contribution is -0.141. The lowest BCUT2D eigenvalue weighted by Crippen LogP contribution is -2.33. The van der Waals surface area contributed by atoms with Crippen molar-refractivity contribution in [2.75, 3.05) is 18.6 Å². The molecule has 0 radical (unpaired) electrons. The van der Waals surface area contributed by atoms with E-state index in [0.717, 1.165) is 37.9 Å². The smallest absolute Gasteiger partial charge is 0.323 e. The van der Waals surface area contributed by atoms with E-state index in [0.29, 0.717) is 5.75 Å². The van der Waals surface area contributed by atoms with E-state index in [4.69, 9.17) is 5.73 Å². The van der Waals surface area contributed by atoms with E-state index in [9.17, 15) is 4.79 Å². The standard InChI is InChI=1S/C24H41NO2S/c1-19(2)10-7-11-20(3)12-8-13-21(4)14-9-15-22(5)16-17-28-18-23(25)24(26)27-6/h10,12,14,16,23H,7-9,11,13,15,17-18,25H2,1-6H3/t23-/m0/s1. The lowest BCUT2D eigenvalue weighted by Gasteiger charge is -2.07. The molecule has 28 heavy (non-hydrogen) atoms. The third kappa shape index (κ3) is 15.8. The number of hydrogen-bond donors (Lipinski definition) is 1. The van der Waals surface area contributed by atoms with Crippen molar-refractivity contribution in [3.8, 4) is 0 Å². The number of rotatable bonds is 14. The monoisotopic (exact) mass is 407 g/mol. The van der Waals surface area contributed by atoms with Crippen LogP contribution in [0.4, 0.5) is 0 Å². The number of allylic oxidation sites excluding steroid dienone is 7. The Balaban J connectivity index is 4.00. The van der Waals surface area contributed by atoms with Crippen molar-refractivity contribution in [1.82, 2.24) is 0 Å². The molecule has 0 aliphatic rings. The average Bonchev–Trinajstić information content (AvgIpc) is 2.64. The number of ether oxygens (including phenoxy) is 1. The van der Waals surface area contributed by atoms with Crippen molar-refractivity contribution in [2.24, 2.45) is 5.73 Å². The quantitative estimate of drug-likeness (QED) is 0.207. The first-order chi connectivity index (χ1) is 13.3. The van der Waals surface area contributed by atoms with Crippen LogP contribution in [0.25, 0.3) is 0 Å². The summed E-state index contributed by atoms with van der Waals surface area (Å²) in [7, 11) is 1.37. The fourth-order valence-electron chi connectivity index (χ4n) is 2.60. The number of esters is 1. The van der Waals surface area contributed by atoms with Crippen LogP contribution in [0.2, 0.25) is 0 Å². The number of hydrogen-bond acceptors (Lipinski definition) is 4. The molecule has 0 unspecified atom stereocenters. The van der Waals surface area contributed by atoms with Gasteiger partial charge in [0.05, 0.1) is 7.11 Å². The summed E-state index contributed by atoms with van der Waals surface area (Å²) in [5, 5.41) is 0. The fraction of sp³-hybridized carbons (Fsp3) is 0.625. The minimum Gasteiger partial charge on any atom is -0.468 e. The molecule has 0 heterocycles.